The van der Waals surface area contributed by atoms with E-state index in [1.165, 1.54) is 4.68 Å². The zero-order valence-electron chi connectivity index (χ0n) is 6.62. The molecule has 66 valence electrons. The lowest BCUT2D eigenvalue weighted by Crippen LogP contribution is -2.12. The molecule has 1 aromatic heterocycles. The summed E-state index contributed by atoms with van der Waals surface area (Å²) in [6.45, 7) is 0.344. The highest BCUT2D eigenvalue weighted by molar-refractivity contribution is 9.10. The van der Waals surface area contributed by atoms with Crippen molar-refractivity contribution in [1.29, 1.82) is 0 Å². The number of halogens is 1. The van der Waals surface area contributed by atoms with Crippen molar-refractivity contribution in [3.8, 4) is 0 Å². The van der Waals surface area contributed by atoms with Gasteiger partial charge in [0.05, 0.1) is 0 Å². The Morgan fingerprint density at radius 3 is 2.83 bits per heavy atom. The molecule has 1 rings (SSSR count). The van der Waals surface area contributed by atoms with Crippen molar-refractivity contribution in [2.24, 2.45) is 12.8 Å². The Morgan fingerprint density at radius 1 is 1.75 bits per heavy atom. The number of hydrogen-bond donors (Lipinski definition) is 1. The molecule has 1 aromatic rings. The average molecular weight is 233 g/mol. The molecule has 0 spiro atoms. The van der Waals surface area contributed by atoms with Gasteiger partial charge in [-0.2, -0.15) is 0 Å². The SMILES string of the molecule is Cn1nnc(Br)c1C(=O)CCN. The Labute approximate surface area is 78.1 Å². The summed E-state index contributed by atoms with van der Waals surface area (Å²) in [6.07, 6.45) is 0.319. The van der Waals surface area contributed by atoms with Gasteiger partial charge in [-0.25, -0.2) is 4.68 Å². The summed E-state index contributed by atoms with van der Waals surface area (Å²) in [4.78, 5) is 11.3. The third-order valence-corrected chi connectivity index (χ3v) is 1.96. The molecule has 0 atom stereocenters. The molecule has 0 aromatic carbocycles. The van der Waals surface area contributed by atoms with Crippen LogP contribution in [0, 0.1) is 0 Å². The first kappa shape index (κ1) is 9.34. The van der Waals surface area contributed by atoms with Crippen LogP contribution in [0.2, 0.25) is 0 Å². The normalized spacial score (nSPS) is 10.2. The lowest BCUT2D eigenvalue weighted by Gasteiger charge is -1.97. The Balaban J connectivity index is 2.93. The molecule has 0 aliphatic heterocycles. The number of rotatable bonds is 3. The molecule has 0 aliphatic carbocycles. The van der Waals surface area contributed by atoms with Crippen LogP contribution < -0.4 is 5.73 Å². The van der Waals surface area contributed by atoms with E-state index in [0.29, 0.717) is 23.3 Å². The van der Waals surface area contributed by atoms with Crippen LogP contribution in [0.4, 0.5) is 0 Å². The van der Waals surface area contributed by atoms with Gasteiger partial charge in [0.1, 0.15) is 5.69 Å². The number of aryl methyl sites for hydroxylation is 1. The van der Waals surface area contributed by atoms with E-state index in [0.717, 1.165) is 0 Å². The molecule has 0 saturated heterocycles. The first-order chi connectivity index (χ1) is 5.66. The fourth-order valence-corrected chi connectivity index (χ4v) is 1.43. The molecular formula is C6H9BrN4O. The van der Waals surface area contributed by atoms with E-state index >= 15 is 0 Å². The van der Waals surface area contributed by atoms with E-state index < -0.39 is 0 Å². The quantitative estimate of drug-likeness (QED) is 0.752. The highest BCUT2D eigenvalue weighted by Crippen LogP contribution is 2.13. The van der Waals surface area contributed by atoms with Crippen LogP contribution in [-0.2, 0) is 7.05 Å². The minimum absolute atomic E-state index is 0.0446. The van der Waals surface area contributed by atoms with Crippen molar-refractivity contribution in [2.45, 2.75) is 6.42 Å². The highest BCUT2D eigenvalue weighted by atomic mass is 79.9. The Bertz CT molecular complexity index is 276. The van der Waals surface area contributed by atoms with Gasteiger partial charge in [0.25, 0.3) is 0 Å². The van der Waals surface area contributed by atoms with Crippen LogP contribution in [0.1, 0.15) is 16.9 Å². The molecule has 0 unspecified atom stereocenters. The largest absolute Gasteiger partial charge is 0.330 e. The number of aromatic nitrogens is 3. The van der Waals surface area contributed by atoms with Gasteiger partial charge >= 0.3 is 0 Å². The molecule has 0 fully saturated rings. The molecule has 0 saturated carbocycles. The van der Waals surface area contributed by atoms with Crippen LogP contribution >= 0.6 is 15.9 Å². The summed E-state index contributed by atoms with van der Waals surface area (Å²) in [6, 6.07) is 0. The zero-order chi connectivity index (χ0) is 9.14. The second-order valence-electron chi connectivity index (χ2n) is 2.31. The molecule has 0 radical (unpaired) electrons. The minimum Gasteiger partial charge on any atom is -0.330 e. The smallest absolute Gasteiger partial charge is 0.184 e. The molecule has 12 heavy (non-hydrogen) atoms. The van der Waals surface area contributed by atoms with E-state index in [1.54, 1.807) is 7.05 Å². The number of nitrogens with zero attached hydrogens (tertiary/aromatic N) is 3. The first-order valence-corrected chi connectivity index (χ1v) is 4.24. The fraction of sp³-hybridized carbons (Fsp3) is 0.500. The van der Waals surface area contributed by atoms with Gasteiger partial charge in [0, 0.05) is 13.5 Å². The van der Waals surface area contributed by atoms with E-state index in [1.807, 2.05) is 0 Å². The van der Waals surface area contributed by atoms with Crippen molar-refractivity contribution >= 4 is 21.7 Å². The lowest BCUT2D eigenvalue weighted by atomic mass is 10.2. The van der Waals surface area contributed by atoms with Gasteiger partial charge < -0.3 is 5.73 Å². The maximum atomic E-state index is 11.3. The summed E-state index contributed by atoms with van der Waals surface area (Å²) in [7, 11) is 1.67. The van der Waals surface area contributed by atoms with Crippen molar-refractivity contribution in [1.82, 2.24) is 15.0 Å². The van der Waals surface area contributed by atoms with Crippen molar-refractivity contribution < 1.29 is 4.79 Å². The number of carbonyl (C=O) groups excluding carboxylic acids is 1. The van der Waals surface area contributed by atoms with Gasteiger partial charge in [-0.3, -0.25) is 4.79 Å². The standard InChI is InChI=1S/C6H9BrN4O/c1-11-5(4(12)2-3-8)6(7)9-10-11/h2-3,8H2,1H3. The van der Waals surface area contributed by atoms with E-state index in [-0.39, 0.29) is 5.78 Å². The zero-order valence-corrected chi connectivity index (χ0v) is 8.21. The minimum atomic E-state index is -0.0446. The summed E-state index contributed by atoms with van der Waals surface area (Å²) < 4.78 is 1.91. The van der Waals surface area contributed by atoms with Gasteiger partial charge in [-0.05, 0) is 22.5 Å². The molecule has 1 heterocycles. The monoisotopic (exact) mass is 232 g/mol. The molecule has 0 amide bonds. The number of hydrogen-bond acceptors (Lipinski definition) is 4. The lowest BCUT2D eigenvalue weighted by molar-refractivity contribution is 0.0975. The van der Waals surface area contributed by atoms with Gasteiger partial charge in [0.15, 0.2) is 10.4 Å². The highest BCUT2D eigenvalue weighted by Gasteiger charge is 2.15. The fourth-order valence-electron chi connectivity index (χ4n) is 0.877. The van der Waals surface area contributed by atoms with Crippen molar-refractivity contribution in [3.63, 3.8) is 0 Å². The topological polar surface area (TPSA) is 73.8 Å². The average Bonchev–Trinajstić information content (AvgIpc) is 2.32. The molecule has 2 N–H and O–H groups in total. The van der Waals surface area contributed by atoms with Gasteiger partial charge in [-0.15, -0.1) is 5.10 Å². The number of ketones is 1. The maximum Gasteiger partial charge on any atom is 0.184 e. The van der Waals surface area contributed by atoms with Crippen LogP contribution in [-0.4, -0.2) is 27.3 Å². The Kier molecular flexibility index (Phi) is 2.93. The summed E-state index contributed by atoms with van der Waals surface area (Å²) in [5.41, 5.74) is 5.72. The predicted molar refractivity (Wildman–Crippen MR) is 46.7 cm³/mol. The predicted octanol–water partition coefficient (Wildman–Crippen LogP) is 0.109. The third kappa shape index (κ3) is 1.70. The maximum absolute atomic E-state index is 11.3. The second-order valence-corrected chi connectivity index (χ2v) is 3.07. The van der Waals surface area contributed by atoms with E-state index in [9.17, 15) is 4.79 Å². The molecule has 5 nitrogen and oxygen atoms in total. The van der Waals surface area contributed by atoms with Crippen LogP contribution in [0.15, 0.2) is 4.60 Å². The summed E-state index contributed by atoms with van der Waals surface area (Å²) in [5, 5.41) is 7.37. The van der Waals surface area contributed by atoms with Gasteiger partial charge in [0.2, 0.25) is 0 Å². The van der Waals surface area contributed by atoms with Gasteiger partial charge in [-0.1, -0.05) is 5.21 Å². The molecule has 0 bridgehead atoms. The Hall–Kier alpha value is -0.750. The molecular weight excluding hydrogens is 224 g/mol. The van der Waals surface area contributed by atoms with Crippen LogP contribution in [0.3, 0.4) is 0 Å². The van der Waals surface area contributed by atoms with E-state index in [2.05, 4.69) is 26.2 Å². The molecule has 0 aliphatic rings. The number of Topliss-reactive ketones (excluding diaryl/α,β-unsaturated/α-hetero) is 1. The van der Waals surface area contributed by atoms with Crippen LogP contribution in [0.25, 0.3) is 0 Å². The second kappa shape index (κ2) is 3.77. The first-order valence-electron chi connectivity index (χ1n) is 3.45. The summed E-state index contributed by atoms with van der Waals surface area (Å²) >= 11 is 3.13. The molecule has 6 heteroatoms. The summed E-state index contributed by atoms with van der Waals surface area (Å²) in [5.74, 6) is -0.0446. The Morgan fingerprint density at radius 2 is 2.42 bits per heavy atom. The van der Waals surface area contributed by atoms with E-state index in [4.69, 9.17) is 5.73 Å². The van der Waals surface area contributed by atoms with Crippen LogP contribution in [0.5, 0.6) is 0 Å². The number of nitrogens with two attached hydrogens (primary N) is 1. The van der Waals surface area contributed by atoms with Crippen molar-refractivity contribution in [3.05, 3.63) is 10.3 Å². The third-order valence-electron chi connectivity index (χ3n) is 1.42. The number of carbonyl (C=O) groups is 1. The van der Waals surface area contributed by atoms with Crippen molar-refractivity contribution in [2.75, 3.05) is 6.54 Å².